The topological polar surface area (TPSA) is 42.0 Å². The van der Waals surface area contributed by atoms with Crippen LogP contribution in [0.4, 0.5) is 13.2 Å². The number of amides is 1. The molecule has 1 aromatic rings. The zero-order chi connectivity index (χ0) is 21.1. The van der Waals surface area contributed by atoms with Crippen molar-refractivity contribution in [2.45, 2.75) is 50.1 Å². The number of hydrogen-bond acceptors (Lipinski definition) is 4. The van der Waals surface area contributed by atoms with Crippen molar-refractivity contribution in [1.82, 2.24) is 9.80 Å². The van der Waals surface area contributed by atoms with E-state index in [-0.39, 0.29) is 24.2 Å². The van der Waals surface area contributed by atoms with Crippen LogP contribution in [0.25, 0.3) is 0 Å². The zero-order valence-corrected chi connectivity index (χ0v) is 17.0. The molecule has 2 heterocycles. The van der Waals surface area contributed by atoms with Crippen LogP contribution in [0, 0.1) is 0 Å². The summed E-state index contributed by atoms with van der Waals surface area (Å²) >= 11 is 0. The fraction of sp³-hybridized carbons (Fsp3) is 0.667. The summed E-state index contributed by atoms with van der Waals surface area (Å²) in [6, 6.07) is 5.38. The molecule has 0 radical (unpaired) electrons. The van der Waals surface area contributed by atoms with Gasteiger partial charge in [-0.15, -0.1) is 0 Å². The number of likely N-dealkylation sites (tertiary alicyclic amines) is 1. The first-order valence-electron chi connectivity index (χ1n) is 10.0. The fourth-order valence-corrected chi connectivity index (χ4v) is 3.97. The minimum atomic E-state index is -4.30. The van der Waals surface area contributed by atoms with Crippen molar-refractivity contribution in [3.05, 3.63) is 35.4 Å². The number of carbonyl (C=O) groups is 1. The van der Waals surface area contributed by atoms with E-state index in [2.05, 4.69) is 4.90 Å². The summed E-state index contributed by atoms with van der Waals surface area (Å²) < 4.78 is 50.0. The molecule has 0 saturated carbocycles. The molecule has 0 aliphatic carbocycles. The number of rotatable bonds is 5. The summed E-state index contributed by atoms with van der Waals surface area (Å²) in [5.74, 6) is -0.0445. The van der Waals surface area contributed by atoms with Crippen molar-refractivity contribution in [2.75, 3.05) is 40.4 Å². The van der Waals surface area contributed by atoms with E-state index in [1.807, 2.05) is 0 Å². The summed E-state index contributed by atoms with van der Waals surface area (Å²) in [5.41, 5.74) is 0.0379. The van der Waals surface area contributed by atoms with Gasteiger partial charge >= 0.3 is 6.18 Å². The molecule has 0 aromatic heterocycles. The van der Waals surface area contributed by atoms with Crippen molar-refractivity contribution >= 4 is 5.91 Å². The Morgan fingerprint density at radius 2 is 1.90 bits per heavy atom. The number of hydrogen-bond donors (Lipinski definition) is 0. The molecule has 8 heteroatoms. The molecule has 2 saturated heterocycles. The van der Waals surface area contributed by atoms with Gasteiger partial charge < -0.3 is 14.4 Å². The molecule has 29 heavy (non-hydrogen) atoms. The van der Waals surface area contributed by atoms with Gasteiger partial charge in [0.1, 0.15) is 6.61 Å². The lowest BCUT2D eigenvalue weighted by atomic mass is 9.83. The first kappa shape index (κ1) is 22.1. The molecule has 1 aromatic carbocycles. The Morgan fingerprint density at radius 1 is 1.24 bits per heavy atom. The Kier molecular flexibility index (Phi) is 6.86. The lowest BCUT2D eigenvalue weighted by Gasteiger charge is -2.46. The minimum Gasteiger partial charge on any atom is -0.375 e. The average molecular weight is 414 g/mol. The molecule has 2 aliphatic rings. The zero-order valence-electron chi connectivity index (χ0n) is 17.0. The van der Waals surface area contributed by atoms with Crippen LogP contribution in [-0.4, -0.2) is 67.8 Å². The first-order chi connectivity index (χ1) is 13.7. The van der Waals surface area contributed by atoms with Gasteiger partial charge in [0, 0.05) is 46.8 Å². The predicted molar refractivity (Wildman–Crippen MR) is 102 cm³/mol. The summed E-state index contributed by atoms with van der Waals surface area (Å²) in [4.78, 5) is 15.5. The molecule has 2 fully saturated rings. The van der Waals surface area contributed by atoms with Crippen molar-refractivity contribution in [3.63, 3.8) is 0 Å². The van der Waals surface area contributed by atoms with Crippen LogP contribution in [0.5, 0.6) is 0 Å². The highest BCUT2D eigenvalue weighted by Crippen LogP contribution is 2.36. The molecule has 0 N–H and O–H groups in total. The van der Waals surface area contributed by atoms with E-state index in [0.29, 0.717) is 13.2 Å². The number of likely N-dealkylation sites (N-methyl/N-ethyl adjacent to an activating group) is 1. The average Bonchev–Trinajstić information content (AvgIpc) is 2.68. The Bertz CT molecular complexity index is 683. The second-order valence-electron chi connectivity index (χ2n) is 8.22. The highest BCUT2D eigenvalue weighted by atomic mass is 19.4. The predicted octanol–water partition coefficient (Wildman–Crippen LogP) is 3.32. The van der Waals surface area contributed by atoms with Crippen molar-refractivity contribution in [1.29, 1.82) is 0 Å². The summed E-state index contributed by atoms with van der Waals surface area (Å²) in [6.07, 6.45) is -0.998. The summed E-state index contributed by atoms with van der Waals surface area (Å²) in [6.45, 7) is 2.99. The van der Waals surface area contributed by atoms with Crippen molar-refractivity contribution in [2.24, 2.45) is 0 Å². The number of halogens is 3. The van der Waals surface area contributed by atoms with E-state index >= 15 is 0 Å². The highest BCUT2D eigenvalue weighted by Gasteiger charge is 2.40. The molecular weight excluding hydrogens is 385 g/mol. The maximum absolute atomic E-state index is 12.7. The van der Waals surface area contributed by atoms with Crippen LogP contribution in [0.1, 0.15) is 36.8 Å². The Balaban J connectivity index is 1.48. The molecule has 162 valence electrons. The molecule has 1 unspecified atom stereocenters. The van der Waals surface area contributed by atoms with Gasteiger partial charge in [0.15, 0.2) is 0 Å². The molecule has 5 nitrogen and oxygen atoms in total. The smallest absolute Gasteiger partial charge is 0.375 e. The molecule has 1 amide bonds. The number of alkyl halides is 3. The summed E-state index contributed by atoms with van der Waals surface area (Å²) in [7, 11) is 3.42. The van der Waals surface area contributed by atoms with Crippen LogP contribution in [0.15, 0.2) is 24.3 Å². The second-order valence-corrected chi connectivity index (χ2v) is 8.22. The number of ether oxygens (including phenoxy) is 2. The van der Waals surface area contributed by atoms with Crippen LogP contribution in [-0.2, 0) is 27.0 Å². The van der Waals surface area contributed by atoms with Gasteiger partial charge in [-0.25, -0.2) is 0 Å². The van der Waals surface area contributed by atoms with Crippen molar-refractivity contribution in [3.8, 4) is 0 Å². The van der Waals surface area contributed by atoms with Crippen LogP contribution in [0.2, 0.25) is 0 Å². The fourth-order valence-electron chi connectivity index (χ4n) is 3.97. The second kappa shape index (κ2) is 9.02. The molecule has 1 spiro atoms. The normalized spacial score (nSPS) is 22.6. The van der Waals surface area contributed by atoms with Crippen LogP contribution < -0.4 is 0 Å². The van der Waals surface area contributed by atoms with Crippen LogP contribution >= 0.6 is 0 Å². The van der Waals surface area contributed by atoms with Gasteiger partial charge in [-0.2, -0.15) is 13.2 Å². The SMILES string of the molecule is CN(C)C(=O)COC1CCOC2(CCN(Cc3ccc(C(F)(F)F)cc3)CC2)C1. The molecule has 3 rings (SSSR count). The maximum Gasteiger partial charge on any atom is 0.416 e. The van der Waals surface area contributed by atoms with Gasteiger partial charge in [0.2, 0.25) is 5.91 Å². The Labute approximate surface area is 169 Å². The van der Waals surface area contributed by atoms with Gasteiger partial charge in [0.05, 0.1) is 17.3 Å². The third-order valence-corrected chi connectivity index (χ3v) is 5.84. The third kappa shape index (κ3) is 5.93. The van der Waals surface area contributed by atoms with Gasteiger partial charge in [-0.3, -0.25) is 9.69 Å². The maximum atomic E-state index is 12.7. The van der Waals surface area contributed by atoms with Crippen LogP contribution in [0.3, 0.4) is 0 Å². The number of nitrogens with zero attached hydrogens (tertiary/aromatic N) is 2. The molecule has 1 atom stereocenters. The van der Waals surface area contributed by atoms with Gasteiger partial charge in [-0.1, -0.05) is 12.1 Å². The molecule has 0 bridgehead atoms. The minimum absolute atomic E-state index is 0.0223. The monoisotopic (exact) mass is 414 g/mol. The lowest BCUT2D eigenvalue weighted by molar-refractivity contribution is -0.162. The largest absolute Gasteiger partial charge is 0.416 e. The van der Waals surface area contributed by atoms with E-state index in [1.54, 1.807) is 26.2 Å². The van der Waals surface area contributed by atoms with E-state index in [4.69, 9.17) is 9.47 Å². The van der Waals surface area contributed by atoms with E-state index in [9.17, 15) is 18.0 Å². The lowest BCUT2D eigenvalue weighted by Crippen LogP contribution is -2.50. The van der Waals surface area contributed by atoms with E-state index in [1.165, 1.54) is 4.90 Å². The van der Waals surface area contributed by atoms with E-state index < -0.39 is 11.7 Å². The van der Waals surface area contributed by atoms with Gasteiger partial charge in [-0.05, 0) is 37.0 Å². The Morgan fingerprint density at radius 3 is 2.48 bits per heavy atom. The number of carbonyl (C=O) groups excluding carboxylic acids is 1. The van der Waals surface area contributed by atoms with Gasteiger partial charge in [0.25, 0.3) is 0 Å². The van der Waals surface area contributed by atoms with E-state index in [0.717, 1.165) is 56.5 Å². The van der Waals surface area contributed by atoms with Crippen molar-refractivity contribution < 1.29 is 27.4 Å². The highest BCUT2D eigenvalue weighted by molar-refractivity contribution is 5.76. The summed E-state index contributed by atoms with van der Waals surface area (Å²) in [5, 5.41) is 0. The molecular formula is C21H29F3N2O3. The first-order valence-corrected chi connectivity index (χ1v) is 10.0. The third-order valence-electron chi connectivity index (χ3n) is 5.84. The number of piperidine rings is 1. The quantitative estimate of drug-likeness (QED) is 0.741. The Hall–Kier alpha value is -1.64. The standard InChI is InChI=1S/C21H29F3N2O3/c1-25(2)19(27)15-28-18-7-12-29-20(13-18)8-10-26(11-9-20)14-16-3-5-17(6-4-16)21(22,23)24/h3-6,18H,7-15H2,1-2H3. The number of benzene rings is 1. The molecule has 2 aliphatic heterocycles.